The van der Waals surface area contributed by atoms with E-state index in [1.807, 2.05) is 0 Å². The van der Waals surface area contributed by atoms with Crippen molar-refractivity contribution in [3.63, 3.8) is 0 Å². The van der Waals surface area contributed by atoms with E-state index < -0.39 is 0 Å². The minimum absolute atomic E-state index is 0.448. The lowest BCUT2D eigenvalue weighted by Gasteiger charge is -2.39. The molecule has 2 heteroatoms. The van der Waals surface area contributed by atoms with Crippen LogP contribution in [0.2, 0.25) is 0 Å². The van der Waals surface area contributed by atoms with Gasteiger partial charge in [-0.1, -0.05) is 33.1 Å². The molecule has 0 aromatic rings. The van der Waals surface area contributed by atoms with Crippen LogP contribution in [-0.2, 0) is 4.74 Å². The summed E-state index contributed by atoms with van der Waals surface area (Å²) in [7, 11) is 0. The van der Waals surface area contributed by atoms with E-state index in [9.17, 15) is 0 Å². The average molecular weight is 253 g/mol. The molecule has 5 unspecified atom stereocenters. The van der Waals surface area contributed by atoms with Gasteiger partial charge in [-0.25, -0.2) is 0 Å². The third kappa shape index (κ3) is 3.71. The number of hydrogen-bond acceptors (Lipinski definition) is 2. The van der Waals surface area contributed by atoms with E-state index >= 15 is 0 Å². The predicted octanol–water partition coefficient (Wildman–Crippen LogP) is 3.74. The van der Waals surface area contributed by atoms with Crippen molar-refractivity contribution in [1.82, 2.24) is 0 Å². The fraction of sp³-hybridized carbons (Fsp3) is 1.00. The molecule has 2 aliphatic carbocycles. The molecule has 2 N–H and O–H groups in total. The highest BCUT2D eigenvalue weighted by atomic mass is 16.5. The zero-order valence-corrected chi connectivity index (χ0v) is 12.2. The van der Waals surface area contributed by atoms with E-state index in [1.165, 1.54) is 51.4 Å². The summed E-state index contributed by atoms with van der Waals surface area (Å²) in [5.74, 6) is 2.34. The third-order valence-electron chi connectivity index (χ3n) is 5.17. The van der Waals surface area contributed by atoms with Crippen LogP contribution in [0, 0.1) is 17.8 Å². The summed E-state index contributed by atoms with van der Waals surface area (Å²) < 4.78 is 6.46. The molecule has 0 aromatic heterocycles. The molecule has 2 saturated carbocycles. The zero-order valence-electron chi connectivity index (χ0n) is 12.2. The van der Waals surface area contributed by atoms with Gasteiger partial charge in [-0.05, 0) is 56.4 Å². The highest BCUT2D eigenvalue weighted by Gasteiger charge is 2.32. The molecule has 5 atom stereocenters. The largest absolute Gasteiger partial charge is 0.375 e. The van der Waals surface area contributed by atoms with Crippen LogP contribution in [0.1, 0.15) is 65.2 Å². The molecule has 0 saturated heterocycles. The number of rotatable bonds is 4. The molecule has 0 spiro atoms. The molecule has 2 nitrogen and oxygen atoms in total. The first kappa shape index (κ1) is 14.3. The normalized spacial score (nSPS) is 41.8. The van der Waals surface area contributed by atoms with E-state index in [2.05, 4.69) is 13.8 Å². The van der Waals surface area contributed by atoms with Crippen molar-refractivity contribution in [2.45, 2.75) is 77.4 Å². The summed E-state index contributed by atoms with van der Waals surface area (Å²) in [4.78, 5) is 0. The van der Waals surface area contributed by atoms with Gasteiger partial charge in [0, 0.05) is 0 Å². The Balaban J connectivity index is 1.87. The lowest BCUT2D eigenvalue weighted by molar-refractivity contribution is -0.0861. The van der Waals surface area contributed by atoms with Crippen LogP contribution in [0.4, 0.5) is 0 Å². The van der Waals surface area contributed by atoms with E-state index in [4.69, 9.17) is 10.5 Å². The summed E-state index contributed by atoms with van der Waals surface area (Å²) in [6.45, 7) is 5.49. The summed E-state index contributed by atoms with van der Waals surface area (Å²) in [5.41, 5.74) is 5.93. The minimum atomic E-state index is 0.448. The Hall–Kier alpha value is -0.0800. The molecule has 2 aliphatic rings. The zero-order chi connectivity index (χ0) is 13.0. The van der Waals surface area contributed by atoms with Crippen LogP contribution < -0.4 is 5.73 Å². The molecule has 106 valence electrons. The van der Waals surface area contributed by atoms with Crippen molar-refractivity contribution in [3.8, 4) is 0 Å². The van der Waals surface area contributed by atoms with Gasteiger partial charge in [0.2, 0.25) is 0 Å². The molecule has 0 aromatic carbocycles. The summed E-state index contributed by atoms with van der Waals surface area (Å²) in [5, 5.41) is 0. The van der Waals surface area contributed by atoms with Crippen molar-refractivity contribution in [1.29, 1.82) is 0 Å². The molecule has 2 fully saturated rings. The Kier molecular flexibility index (Phi) is 5.50. The lowest BCUT2D eigenvalue weighted by Crippen LogP contribution is -2.39. The Labute approximate surface area is 113 Å². The topological polar surface area (TPSA) is 35.2 Å². The van der Waals surface area contributed by atoms with Gasteiger partial charge in [-0.2, -0.15) is 0 Å². The van der Waals surface area contributed by atoms with Crippen molar-refractivity contribution in [2.75, 3.05) is 6.54 Å². The molecule has 0 heterocycles. The molecular formula is C16H31NO. The Morgan fingerprint density at radius 1 is 1.11 bits per heavy atom. The first-order chi connectivity index (χ1) is 8.72. The number of hydrogen-bond donors (Lipinski definition) is 1. The van der Waals surface area contributed by atoms with Crippen molar-refractivity contribution in [3.05, 3.63) is 0 Å². The fourth-order valence-electron chi connectivity index (χ4n) is 3.83. The molecule has 18 heavy (non-hydrogen) atoms. The summed E-state index contributed by atoms with van der Waals surface area (Å²) in [6, 6.07) is 0. The van der Waals surface area contributed by atoms with Gasteiger partial charge in [0.25, 0.3) is 0 Å². The van der Waals surface area contributed by atoms with Crippen LogP contribution in [0.25, 0.3) is 0 Å². The average Bonchev–Trinajstić information content (AvgIpc) is 2.38. The Morgan fingerprint density at radius 3 is 2.61 bits per heavy atom. The Bertz CT molecular complexity index is 243. The minimum Gasteiger partial charge on any atom is -0.375 e. The van der Waals surface area contributed by atoms with Gasteiger partial charge in [-0.3, -0.25) is 0 Å². The maximum absolute atomic E-state index is 6.46. The standard InChI is InChI=1S/C16H31NO/c1-3-13-7-8-14(11-17)16(10-13)18-15-6-4-5-12(2)9-15/h12-16H,3-11,17H2,1-2H3. The maximum Gasteiger partial charge on any atom is 0.0621 e. The number of nitrogens with two attached hydrogens (primary N) is 1. The molecule has 2 rings (SSSR count). The summed E-state index contributed by atoms with van der Waals surface area (Å²) in [6.07, 6.45) is 11.4. The monoisotopic (exact) mass is 253 g/mol. The SMILES string of the molecule is CCC1CCC(CN)C(OC2CCCC(C)C2)C1. The third-order valence-corrected chi connectivity index (χ3v) is 5.17. The second-order valence-electron chi connectivity index (χ2n) is 6.65. The second-order valence-corrected chi connectivity index (χ2v) is 6.65. The van der Waals surface area contributed by atoms with E-state index in [1.54, 1.807) is 0 Å². The van der Waals surface area contributed by atoms with Gasteiger partial charge < -0.3 is 10.5 Å². The van der Waals surface area contributed by atoms with Crippen LogP contribution in [0.3, 0.4) is 0 Å². The van der Waals surface area contributed by atoms with Crippen molar-refractivity contribution >= 4 is 0 Å². The highest BCUT2D eigenvalue weighted by Crippen LogP contribution is 2.35. The Morgan fingerprint density at radius 2 is 1.94 bits per heavy atom. The van der Waals surface area contributed by atoms with Gasteiger partial charge in [0.1, 0.15) is 0 Å². The predicted molar refractivity (Wildman–Crippen MR) is 76.5 cm³/mol. The smallest absolute Gasteiger partial charge is 0.0621 e. The van der Waals surface area contributed by atoms with Crippen LogP contribution in [-0.4, -0.2) is 18.8 Å². The molecular weight excluding hydrogens is 222 g/mol. The van der Waals surface area contributed by atoms with E-state index in [-0.39, 0.29) is 0 Å². The van der Waals surface area contributed by atoms with Crippen molar-refractivity contribution in [2.24, 2.45) is 23.5 Å². The summed E-state index contributed by atoms with van der Waals surface area (Å²) >= 11 is 0. The van der Waals surface area contributed by atoms with Crippen molar-refractivity contribution < 1.29 is 4.74 Å². The molecule has 0 amide bonds. The van der Waals surface area contributed by atoms with E-state index in [0.29, 0.717) is 18.1 Å². The molecule has 0 bridgehead atoms. The van der Waals surface area contributed by atoms with E-state index in [0.717, 1.165) is 18.4 Å². The van der Waals surface area contributed by atoms with Gasteiger partial charge in [0.05, 0.1) is 12.2 Å². The van der Waals surface area contributed by atoms with Gasteiger partial charge in [0.15, 0.2) is 0 Å². The van der Waals surface area contributed by atoms with Gasteiger partial charge >= 0.3 is 0 Å². The number of ether oxygens (including phenoxy) is 1. The fourth-order valence-corrected chi connectivity index (χ4v) is 3.83. The van der Waals surface area contributed by atoms with Crippen LogP contribution in [0.15, 0.2) is 0 Å². The van der Waals surface area contributed by atoms with Gasteiger partial charge in [-0.15, -0.1) is 0 Å². The van der Waals surface area contributed by atoms with Crippen LogP contribution >= 0.6 is 0 Å². The lowest BCUT2D eigenvalue weighted by atomic mass is 9.78. The first-order valence-corrected chi connectivity index (χ1v) is 8.08. The maximum atomic E-state index is 6.46. The first-order valence-electron chi connectivity index (χ1n) is 8.08. The quantitative estimate of drug-likeness (QED) is 0.828. The second kappa shape index (κ2) is 6.91. The highest BCUT2D eigenvalue weighted by molar-refractivity contribution is 4.83. The van der Waals surface area contributed by atoms with Crippen LogP contribution in [0.5, 0.6) is 0 Å². The molecule has 0 radical (unpaired) electrons. The molecule has 0 aliphatic heterocycles.